The maximum atomic E-state index is 11.5. The van der Waals surface area contributed by atoms with Crippen molar-refractivity contribution in [2.45, 2.75) is 25.0 Å². The lowest BCUT2D eigenvalue weighted by Crippen LogP contribution is -2.04. The number of nitrogens with one attached hydrogen (secondary N) is 1. The van der Waals surface area contributed by atoms with Crippen LogP contribution in [0.4, 0.5) is 0 Å². The summed E-state index contributed by atoms with van der Waals surface area (Å²) in [6.07, 6.45) is 1.17. The summed E-state index contributed by atoms with van der Waals surface area (Å²) >= 11 is 0. The number of hydrogen-bond acceptors (Lipinski definition) is 5. The molecule has 0 fully saturated rings. The fraction of sp³-hybridized carbons (Fsp3) is 0.333. The van der Waals surface area contributed by atoms with Crippen molar-refractivity contribution in [3.8, 4) is 5.75 Å². The molecule has 1 N–H and O–H groups in total. The second-order valence-electron chi connectivity index (χ2n) is 4.88. The molecule has 0 radical (unpaired) electrons. The van der Waals surface area contributed by atoms with Crippen LogP contribution in [-0.4, -0.2) is 21.7 Å². The first-order valence-corrected chi connectivity index (χ1v) is 8.45. The van der Waals surface area contributed by atoms with Gasteiger partial charge >= 0.3 is 0 Å². The zero-order valence-electron chi connectivity index (χ0n) is 12.3. The molecule has 0 unspecified atom stereocenters. The van der Waals surface area contributed by atoms with Gasteiger partial charge in [-0.1, -0.05) is 6.07 Å². The Labute approximate surface area is 124 Å². The second kappa shape index (κ2) is 6.32. The Balaban J connectivity index is 2.08. The predicted molar refractivity (Wildman–Crippen MR) is 80.1 cm³/mol. The number of benzene rings is 1. The summed E-state index contributed by atoms with van der Waals surface area (Å²) in [6.45, 7) is 2.90. The molecule has 21 heavy (non-hydrogen) atoms. The lowest BCUT2D eigenvalue weighted by Gasteiger charge is -2.06. The Hall–Kier alpha value is -1.79. The summed E-state index contributed by atoms with van der Waals surface area (Å²) in [5.41, 5.74) is 1.06. The third-order valence-electron chi connectivity index (χ3n) is 3.02. The molecule has 114 valence electrons. The molecule has 0 amide bonds. The summed E-state index contributed by atoms with van der Waals surface area (Å²) in [6, 6.07) is 8.36. The zero-order chi connectivity index (χ0) is 15.5. The van der Waals surface area contributed by atoms with E-state index in [0.717, 1.165) is 11.3 Å². The summed E-state index contributed by atoms with van der Waals surface area (Å²) in [4.78, 5) is 0.242. The molecule has 0 bridgehead atoms. The molecule has 2 rings (SSSR count). The summed E-state index contributed by atoms with van der Waals surface area (Å²) in [5, 5.41) is 3.03. The monoisotopic (exact) mass is 309 g/mol. The van der Waals surface area contributed by atoms with Gasteiger partial charge in [-0.25, -0.2) is 8.42 Å². The lowest BCUT2D eigenvalue weighted by molar-refractivity contribution is 0.265. The molecule has 5 nitrogen and oxygen atoms in total. The third kappa shape index (κ3) is 4.09. The van der Waals surface area contributed by atoms with Gasteiger partial charge in [0.2, 0.25) is 0 Å². The fourth-order valence-electron chi connectivity index (χ4n) is 1.95. The first-order chi connectivity index (χ1) is 9.90. The van der Waals surface area contributed by atoms with Crippen LogP contribution in [0.5, 0.6) is 5.75 Å². The van der Waals surface area contributed by atoms with Crippen molar-refractivity contribution in [1.82, 2.24) is 5.32 Å². The van der Waals surface area contributed by atoms with Crippen molar-refractivity contribution in [2.75, 3.05) is 13.3 Å². The number of rotatable bonds is 6. The van der Waals surface area contributed by atoms with E-state index in [9.17, 15) is 8.42 Å². The molecule has 1 heterocycles. The number of sulfone groups is 1. The first-order valence-electron chi connectivity index (χ1n) is 6.56. The molecule has 0 aliphatic rings. The van der Waals surface area contributed by atoms with Crippen molar-refractivity contribution in [2.24, 2.45) is 0 Å². The van der Waals surface area contributed by atoms with Gasteiger partial charge < -0.3 is 14.5 Å². The van der Waals surface area contributed by atoms with Gasteiger partial charge in [0.1, 0.15) is 23.9 Å². The molecule has 1 aromatic carbocycles. The third-order valence-corrected chi connectivity index (χ3v) is 4.13. The van der Waals surface area contributed by atoms with Crippen molar-refractivity contribution in [3.63, 3.8) is 0 Å². The molecular formula is C15H19NO4S. The second-order valence-corrected chi connectivity index (χ2v) is 6.90. The van der Waals surface area contributed by atoms with Crippen LogP contribution in [0.25, 0.3) is 0 Å². The highest BCUT2D eigenvalue weighted by Gasteiger charge is 2.10. The van der Waals surface area contributed by atoms with E-state index < -0.39 is 9.84 Å². The minimum atomic E-state index is -3.23. The van der Waals surface area contributed by atoms with E-state index in [0.29, 0.717) is 18.1 Å². The van der Waals surface area contributed by atoms with Crippen LogP contribution in [0.15, 0.2) is 39.6 Å². The first kappa shape index (κ1) is 15.6. The maximum absolute atomic E-state index is 11.5. The van der Waals surface area contributed by atoms with E-state index in [4.69, 9.17) is 9.15 Å². The van der Waals surface area contributed by atoms with Crippen molar-refractivity contribution in [1.29, 1.82) is 0 Å². The van der Waals surface area contributed by atoms with Crippen LogP contribution in [0, 0.1) is 6.92 Å². The van der Waals surface area contributed by atoms with Crippen molar-refractivity contribution in [3.05, 3.63) is 47.4 Å². The van der Waals surface area contributed by atoms with Gasteiger partial charge in [0.25, 0.3) is 0 Å². The molecular weight excluding hydrogens is 290 g/mol. The van der Waals surface area contributed by atoms with E-state index in [1.807, 2.05) is 20.0 Å². The van der Waals surface area contributed by atoms with Crippen LogP contribution in [0.2, 0.25) is 0 Å². The molecule has 0 spiro atoms. The van der Waals surface area contributed by atoms with Crippen LogP contribution in [0.1, 0.15) is 17.1 Å². The minimum Gasteiger partial charge on any atom is -0.486 e. The van der Waals surface area contributed by atoms with Crippen LogP contribution < -0.4 is 10.1 Å². The Bertz CT molecular complexity index is 719. The highest BCUT2D eigenvalue weighted by atomic mass is 32.2. The minimum absolute atomic E-state index is 0.242. The topological polar surface area (TPSA) is 68.5 Å². The summed E-state index contributed by atoms with van der Waals surface area (Å²) in [7, 11) is -1.37. The van der Waals surface area contributed by atoms with Crippen molar-refractivity contribution < 1.29 is 17.6 Å². The van der Waals surface area contributed by atoms with Gasteiger partial charge in [-0.15, -0.1) is 0 Å². The Morgan fingerprint density at radius 2 is 2.05 bits per heavy atom. The number of ether oxygens (including phenoxy) is 1. The van der Waals surface area contributed by atoms with E-state index in [2.05, 4.69) is 5.32 Å². The molecule has 0 saturated carbocycles. The van der Waals surface area contributed by atoms with Gasteiger partial charge in [-0.2, -0.15) is 0 Å². The molecule has 6 heteroatoms. The van der Waals surface area contributed by atoms with E-state index in [1.165, 1.54) is 12.3 Å². The highest BCUT2D eigenvalue weighted by Crippen LogP contribution is 2.20. The van der Waals surface area contributed by atoms with Gasteiger partial charge in [-0.3, -0.25) is 0 Å². The number of hydrogen-bond donors (Lipinski definition) is 1. The molecule has 0 atom stereocenters. The SMILES string of the molecule is CNCc1oc(COc2cccc(S(C)(=O)=O)c2)cc1C. The van der Waals surface area contributed by atoms with Gasteiger partial charge in [-0.05, 0) is 43.8 Å². The van der Waals surface area contributed by atoms with Gasteiger partial charge in [0.15, 0.2) is 9.84 Å². The Kier molecular flexibility index (Phi) is 4.69. The molecule has 0 aliphatic heterocycles. The average molecular weight is 309 g/mol. The summed E-state index contributed by atoms with van der Waals surface area (Å²) < 4.78 is 34.3. The van der Waals surface area contributed by atoms with E-state index in [1.54, 1.807) is 18.2 Å². The molecule has 1 aromatic heterocycles. The van der Waals surface area contributed by atoms with Gasteiger partial charge in [0, 0.05) is 6.26 Å². The normalized spacial score (nSPS) is 11.6. The standard InChI is InChI=1S/C15H19NO4S/c1-11-7-13(20-15(11)9-16-2)10-19-12-5-4-6-14(8-12)21(3,17)18/h4-8,16H,9-10H2,1-3H3. The summed E-state index contributed by atoms with van der Waals surface area (Å²) in [5.74, 6) is 2.09. The lowest BCUT2D eigenvalue weighted by atomic mass is 10.2. The predicted octanol–water partition coefficient (Wildman–Crippen LogP) is 2.29. The Morgan fingerprint density at radius 1 is 1.29 bits per heavy atom. The smallest absolute Gasteiger partial charge is 0.175 e. The quantitative estimate of drug-likeness (QED) is 0.886. The maximum Gasteiger partial charge on any atom is 0.175 e. The molecule has 0 aliphatic carbocycles. The zero-order valence-corrected chi connectivity index (χ0v) is 13.2. The van der Waals surface area contributed by atoms with Crippen LogP contribution in [0.3, 0.4) is 0 Å². The molecule has 2 aromatic rings. The van der Waals surface area contributed by atoms with Gasteiger partial charge in [0.05, 0.1) is 11.4 Å². The van der Waals surface area contributed by atoms with Crippen LogP contribution in [-0.2, 0) is 23.0 Å². The average Bonchev–Trinajstić information content (AvgIpc) is 2.77. The highest BCUT2D eigenvalue weighted by molar-refractivity contribution is 7.90. The fourth-order valence-corrected chi connectivity index (χ4v) is 2.60. The van der Waals surface area contributed by atoms with Crippen molar-refractivity contribution >= 4 is 9.84 Å². The molecule has 0 saturated heterocycles. The number of aryl methyl sites for hydroxylation is 1. The van der Waals surface area contributed by atoms with Crippen LogP contribution >= 0.6 is 0 Å². The van der Waals surface area contributed by atoms with E-state index >= 15 is 0 Å². The largest absolute Gasteiger partial charge is 0.486 e. The van der Waals surface area contributed by atoms with E-state index in [-0.39, 0.29) is 11.5 Å². The Morgan fingerprint density at radius 3 is 2.71 bits per heavy atom. The number of furan rings is 1.